The topological polar surface area (TPSA) is 15.3 Å². The highest BCUT2D eigenvalue weighted by Gasteiger charge is 2.28. The Morgan fingerprint density at radius 3 is 2.63 bits per heavy atom. The fourth-order valence-corrected chi connectivity index (χ4v) is 3.10. The maximum Gasteiger partial charge on any atom is 0.0399 e. The van der Waals surface area contributed by atoms with Crippen LogP contribution in [-0.4, -0.2) is 26.2 Å². The lowest BCUT2D eigenvalue weighted by molar-refractivity contribution is 0.279. The van der Waals surface area contributed by atoms with Crippen LogP contribution in [0.2, 0.25) is 0 Å². The van der Waals surface area contributed by atoms with Crippen LogP contribution >= 0.6 is 0 Å². The number of benzene rings is 1. The van der Waals surface area contributed by atoms with Crippen LogP contribution < -0.4 is 10.2 Å². The predicted molar refractivity (Wildman–Crippen MR) is 83.8 cm³/mol. The molecular weight excluding hydrogens is 232 g/mol. The molecule has 0 spiro atoms. The lowest BCUT2D eigenvalue weighted by Crippen LogP contribution is -2.49. The molecule has 1 aromatic rings. The third kappa shape index (κ3) is 3.30. The minimum Gasteiger partial charge on any atom is -0.369 e. The number of rotatable bonds is 3. The van der Waals surface area contributed by atoms with Crippen LogP contribution in [0.4, 0.5) is 5.69 Å². The standard InChI is InChI=1S/C17H28N2/c1-13-10-14-8-6-7-9-15(14)19(11-13)12-16(18-5)17(2,3)4/h6-9,13,16,18H,10-12H2,1-5H3. The number of anilines is 1. The van der Waals surface area contributed by atoms with Crippen molar-refractivity contribution < 1.29 is 0 Å². The summed E-state index contributed by atoms with van der Waals surface area (Å²) in [6.45, 7) is 11.6. The van der Waals surface area contributed by atoms with E-state index in [1.807, 2.05) is 0 Å². The summed E-state index contributed by atoms with van der Waals surface area (Å²) in [6, 6.07) is 9.38. The smallest absolute Gasteiger partial charge is 0.0399 e. The van der Waals surface area contributed by atoms with Crippen molar-refractivity contribution in [3.63, 3.8) is 0 Å². The van der Waals surface area contributed by atoms with Crippen LogP contribution in [0.5, 0.6) is 0 Å². The third-order valence-electron chi connectivity index (χ3n) is 4.23. The number of hydrogen-bond donors (Lipinski definition) is 1. The van der Waals surface area contributed by atoms with E-state index in [4.69, 9.17) is 0 Å². The maximum atomic E-state index is 3.49. The van der Waals surface area contributed by atoms with E-state index in [-0.39, 0.29) is 5.41 Å². The van der Waals surface area contributed by atoms with Crippen LogP contribution in [0, 0.1) is 11.3 Å². The van der Waals surface area contributed by atoms with Gasteiger partial charge >= 0.3 is 0 Å². The molecule has 0 saturated carbocycles. The zero-order valence-corrected chi connectivity index (χ0v) is 13.0. The highest BCUT2D eigenvalue weighted by molar-refractivity contribution is 5.55. The molecule has 0 aliphatic carbocycles. The normalized spacial score (nSPS) is 21.1. The van der Waals surface area contributed by atoms with E-state index in [1.165, 1.54) is 24.2 Å². The predicted octanol–water partition coefficient (Wildman–Crippen LogP) is 3.32. The van der Waals surface area contributed by atoms with Gasteiger partial charge in [-0.1, -0.05) is 45.9 Å². The summed E-state index contributed by atoms with van der Waals surface area (Å²) in [5, 5.41) is 3.49. The fourth-order valence-electron chi connectivity index (χ4n) is 3.10. The van der Waals surface area contributed by atoms with Crippen molar-refractivity contribution in [3.8, 4) is 0 Å². The average Bonchev–Trinajstić information content (AvgIpc) is 2.34. The zero-order valence-electron chi connectivity index (χ0n) is 13.0. The molecule has 2 rings (SSSR count). The summed E-state index contributed by atoms with van der Waals surface area (Å²) in [5.74, 6) is 0.743. The highest BCUT2D eigenvalue weighted by atomic mass is 15.2. The summed E-state index contributed by atoms with van der Waals surface area (Å²) in [4.78, 5) is 2.57. The molecule has 0 radical (unpaired) electrons. The Morgan fingerprint density at radius 2 is 2.00 bits per heavy atom. The molecule has 2 nitrogen and oxygen atoms in total. The Hall–Kier alpha value is -1.02. The molecule has 1 aliphatic heterocycles. The van der Waals surface area contributed by atoms with E-state index in [1.54, 1.807) is 0 Å². The first kappa shape index (κ1) is 14.4. The lowest BCUT2D eigenvalue weighted by atomic mass is 9.85. The Kier molecular flexibility index (Phi) is 4.19. The van der Waals surface area contributed by atoms with Crippen molar-refractivity contribution in [1.82, 2.24) is 5.32 Å². The van der Waals surface area contributed by atoms with E-state index >= 15 is 0 Å². The van der Waals surface area contributed by atoms with Gasteiger partial charge < -0.3 is 10.2 Å². The first-order valence-electron chi connectivity index (χ1n) is 7.42. The molecule has 0 amide bonds. The molecule has 106 valence electrons. The lowest BCUT2D eigenvalue weighted by Gasteiger charge is -2.40. The van der Waals surface area contributed by atoms with E-state index in [2.05, 4.69) is 69.2 Å². The van der Waals surface area contributed by atoms with Crippen LogP contribution in [0.15, 0.2) is 24.3 Å². The third-order valence-corrected chi connectivity index (χ3v) is 4.23. The highest BCUT2D eigenvalue weighted by Crippen LogP contribution is 2.31. The quantitative estimate of drug-likeness (QED) is 0.897. The van der Waals surface area contributed by atoms with Gasteiger partial charge in [-0.3, -0.25) is 0 Å². The summed E-state index contributed by atoms with van der Waals surface area (Å²) in [7, 11) is 2.08. The van der Waals surface area contributed by atoms with Crippen molar-refractivity contribution >= 4 is 5.69 Å². The van der Waals surface area contributed by atoms with Gasteiger partial charge in [0.15, 0.2) is 0 Å². The minimum absolute atomic E-state index is 0.282. The van der Waals surface area contributed by atoms with Crippen LogP contribution in [0.3, 0.4) is 0 Å². The monoisotopic (exact) mass is 260 g/mol. The SMILES string of the molecule is CNC(CN1CC(C)Cc2ccccc21)C(C)(C)C. The van der Waals surface area contributed by atoms with Crippen LogP contribution in [-0.2, 0) is 6.42 Å². The molecule has 1 aromatic carbocycles. The molecule has 2 unspecified atom stereocenters. The Balaban J connectivity index is 2.21. The molecule has 2 atom stereocenters. The number of nitrogens with one attached hydrogen (secondary N) is 1. The Labute approximate surface area is 118 Å². The first-order chi connectivity index (χ1) is 8.91. The molecule has 0 fully saturated rings. The number of para-hydroxylation sites is 1. The molecule has 1 N–H and O–H groups in total. The number of fused-ring (bicyclic) bond motifs is 1. The second-order valence-corrected chi connectivity index (χ2v) is 7.05. The molecule has 0 bridgehead atoms. The second-order valence-electron chi connectivity index (χ2n) is 7.05. The van der Waals surface area contributed by atoms with Gasteiger partial charge in [-0.2, -0.15) is 0 Å². The number of likely N-dealkylation sites (N-methyl/N-ethyl adjacent to an activating group) is 1. The van der Waals surface area contributed by atoms with E-state index in [9.17, 15) is 0 Å². The van der Waals surface area contributed by atoms with E-state index in [0.717, 1.165) is 12.5 Å². The summed E-state index contributed by atoms with van der Waals surface area (Å²) < 4.78 is 0. The van der Waals surface area contributed by atoms with Crippen LogP contribution in [0.1, 0.15) is 33.3 Å². The van der Waals surface area contributed by atoms with Gasteiger partial charge in [-0.15, -0.1) is 0 Å². The molecule has 2 heteroatoms. The van der Waals surface area contributed by atoms with E-state index in [0.29, 0.717) is 6.04 Å². The van der Waals surface area contributed by atoms with Crippen molar-refractivity contribution in [2.75, 3.05) is 25.0 Å². The molecule has 1 aliphatic rings. The Bertz CT molecular complexity index is 420. The van der Waals surface area contributed by atoms with Gasteiger partial charge in [-0.25, -0.2) is 0 Å². The van der Waals surface area contributed by atoms with Gasteiger partial charge in [0, 0.05) is 24.8 Å². The average molecular weight is 260 g/mol. The summed E-state index contributed by atoms with van der Waals surface area (Å²) in [6.07, 6.45) is 1.21. The molecule has 0 aromatic heterocycles. The van der Waals surface area contributed by atoms with Gasteiger partial charge in [0.05, 0.1) is 0 Å². The van der Waals surface area contributed by atoms with Crippen molar-refractivity contribution in [3.05, 3.63) is 29.8 Å². The van der Waals surface area contributed by atoms with Crippen molar-refractivity contribution in [2.24, 2.45) is 11.3 Å². The number of hydrogen-bond acceptors (Lipinski definition) is 2. The molecule has 1 heterocycles. The van der Waals surface area contributed by atoms with Crippen molar-refractivity contribution in [1.29, 1.82) is 0 Å². The van der Waals surface area contributed by atoms with E-state index < -0.39 is 0 Å². The zero-order chi connectivity index (χ0) is 14.0. The molecule has 19 heavy (non-hydrogen) atoms. The van der Waals surface area contributed by atoms with Crippen LogP contribution in [0.25, 0.3) is 0 Å². The van der Waals surface area contributed by atoms with Gasteiger partial charge in [0.1, 0.15) is 0 Å². The summed E-state index contributed by atoms with van der Waals surface area (Å²) in [5.41, 5.74) is 3.22. The summed E-state index contributed by atoms with van der Waals surface area (Å²) >= 11 is 0. The fraction of sp³-hybridized carbons (Fsp3) is 0.647. The largest absolute Gasteiger partial charge is 0.369 e. The molecular formula is C17H28N2. The van der Waals surface area contributed by atoms with Gasteiger partial charge in [-0.05, 0) is 36.4 Å². The first-order valence-corrected chi connectivity index (χ1v) is 7.42. The number of nitrogens with zero attached hydrogens (tertiary/aromatic N) is 1. The maximum absolute atomic E-state index is 3.49. The van der Waals surface area contributed by atoms with Gasteiger partial charge in [0.2, 0.25) is 0 Å². The minimum atomic E-state index is 0.282. The van der Waals surface area contributed by atoms with Crippen molar-refractivity contribution in [2.45, 2.75) is 40.2 Å². The van der Waals surface area contributed by atoms with Gasteiger partial charge in [0.25, 0.3) is 0 Å². The molecule has 0 saturated heterocycles. The Morgan fingerprint density at radius 1 is 1.32 bits per heavy atom. The second kappa shape index (κ2) is 5.54.